The number of fused-ring (bicyclic) bond motifs is 1. The van der Waals surface area contributed by atoms with Gasteiger partial charge in [-0.05, 0) is 44.7 Å². The van der Waals surface area contributed by atoms with Crippen LogP contribution in [0.4, 0.5) is 10.5 Å². The van der Waals surface area contributed by atoms with Gasteiger partial charge in [0.2, 0.25) is 0 Å². The molecule has 24 heavy (non-hydrogen) atoms. The van der Waals surface area contributed by atoms with Gasteiger partial charge in [0.25, 0.3) is 0 Å². The molecule has 3 rings (SSSR count). The average Bonchev–Trinajstić information content (AvgIpc) is 3.01. The van der Waals surface area contributed by atoms with E-state index in [1.807, 2.05) is 44.3 Å². The van der Waals surface area contributed by atoms with E-state index >= 15 is 0 Å². The van der Waals surface area contributed by atoms with Crippen molar-refractivity contribution in [3.05, 3.63) is 47.3 Å². The zero-order valence-corrected chi connectivity index (χ0v) is 14.1. The summed E-state index contributed by atoms with van der Waals surface area (Å²) in [4.78, 5) is 12.3. The summed E-state index contributed by atoms with van der Waals surface area (Å²) < 4.78 is 5.65. The van der Waals surface area contributed by atoms with Crippen molar-refractivity contribution in [3.8, 4) is 0 Å². The minimum Gasteiger partial charge on any atom is -0.374 e. The van der Waals surface area contributed by atoms with E-state index < -0.39 is 0 Å². The van der Waals surface area contributed by atoms with Crippen molar-refractivity contribution in [2.45, 2.75) is 51.9 Å². The van der Waals surface area contributed by atoms with E-state index in [2.05, 4.69) is 20.8 Å². The maximum absolute atomic E-state index is 12.3. The number of H-pyrrole nitrogens is 1. The molecular weight excluding hydrogens is 304 g/mol. The Morgan fingerprint density at radius 1 is 1.42 bits per heavy atom. The van der Waals surface area contributed by atoms with Crippen LogP contribution in [0.5, 0.6) is 0 Å². The van der Waals surface area contributed by atoms with Crippen LogP contribution in [0, 0.1) is 0 Å². The molecule has 1 atom stereocenters. The number of aryl methyl sites for hydroxylation is 1. The van der Waals surface area contributed by atoms with E-state index in [0.29, 0.717) is 6.61 Å². The largest absolute Gasteiger partial charge is 0.374 e. The number of amides is 2. The number of nitrogens with zero attached hydrogens (tertiary/aromatic N) is 1. The van der Waals surface area contributed by atoms with E-state index in [1.165, 1.54) is 11.3 Å². The summed E-state index contributed by atoms with van der Waals surface area (Å²) >= 11 is 0. The van der Waals surface area contributed by atoms with Crippen LogP contribution in [0.2, 0.25) is 0 Å². The number of anilines is 1. The topological polar surface area (TPSA) is 79.0 Å². The molecule has 0 unspecified atom stereocenters. The molecule has 2 amide bonds. The highest BCUT2D eigenvalue weighted by molar-refractivity contribution is 5.90. The third kappa shape index (κ3) is 4.14. The molecule has 128 valence electrons. The lowest BCUT2D eigenvalue weighted by Gasteiger charge is -2.23. The highest BCUT2D eigenvalue weighted by atomic mass is 16.5. The van der Waals surface area contributed by atoms with E-state index in [0.717, 1.165) is 30.5 Å². The van der Waals surface area contributed by atoms with Crippen molar-refractivity contribution in [3.63, 3.8) is 0 Å². The van der Waals surface area contributed by atoms with Gasteiger partial charge in [0, 0.05) is 23.0 Å². The second-order valence-electron chi connectivity index (χ2n) is 6.43. The van der Waals surface area contributed by atoms with Gasteiger partial charge in [0.1, 0.15) is 0 Å². The molecule has 3 N–H and O–H groups in total. The van der Waals surface area contributed by atoms with E-state index in [4.69, 9.17) is 4.74 Å². The fourth-order valence-corrected chi connectivity index (χ4v) is 2.91. The number of para-hydroxylation sites is 1. The molecule has 0 saturated heterocycles. The first-order valence-corrected chi connectivity index (χ1v) is 8.40. The molecule has 1 aliphatic rings. The number of carbonyl (C=O) groups is 1. The van der Waals surface area contributed by atoms with Gasteiger partial charge in [-0.1, -0.05) is 18.2 Å². The van der Waals surface area contributed by atoms with Crippen LogP contribution in [0.1, 0.15) is 37.1 Å². The molecule has 1 aromatic carbocycles. The van der Waals surface area contributed by atoms with Crippen molar-refractivity contribution in [2.75, 3.05) is 5.32 Å². The number of benzene rings is 1. The van der Waals surface area contributed by atoms with Crippen LogP contribution in [0.15, 0.2) is 30.5 Å². The zero-order chi connectivity index (χ0) is 16.9. The number of ether oxygens (including phenoxy) is 1. The molecule has 2 aromatic rings. The van der Waals surface area contributed by atoms with Crippen LogP contribution in [-0.4, -0.2) is 28.4 Å². The second kappa shape index (κ2) is 7.49. The zero-order valence-electron chi connectivity index (χ0n) is 14.1. The molecule has 6 nitrogen and oxygen atoms in total. The molecule has 1 heterocycles. The number of rotatable bonds is 5. The van der Waals surface area contributed by atoms with Crippen LogP contribution < -0.4 is 10.6 Å². The van der Waals surface area contributed by atoms with Crippen LogP contribution in [-0.2, 0) is 24.2 Å². The predicted molar refractivity (Wildman–Crippen MR) is 92.9 cm³/mol. The van der Waals surface area contributed by atoms with Crippen LogP contribution in [0.3, 0.4) is 0 Å². The van der Waals surface area contributed by atoms with E-state index in [-0.39, 0.29) is 18.2 Å². The van der Waals surface area contributed by atoms with Gasteiger partial charge in [0.05, 0.1) is 18.9 Å². The Hall–Kier alpha value is -2.34. The summed E-state index contributed by atoms with van der Waals surface area (Å²) in [5, 5.41) is 13.1. The molecule has 0 fully saturated rings. The molecule has 0 spiro atoms. The van der Waals surface area contributed by atoms with Crippen molar-refractivity contribution in [1.29, 1.82) is 0 Å². The molecule has 6 heteroatoms. The molecule has 1 aliphatic carbocycles. The standard InChI is InChI=1S/C18H24N4O2/c1-12(2)24-11-13-5-3-4-6-16(13)21-18(23)20-15-7-8-17-14(9-15)10-19-22-17/h3-6,10,12,15H,7-9,11H2,1-2H3,(H,19,22)(H2,20,21,23)/t15-/m0/s1. The van der Waals surface area contributed by atoms with Crippen molar-refractivity contribution < 1.29 is 9.53 Å². The lowest BCUT2D eigenvalue weighted by Crippen LogP contribution is -2.41. The summed E-state index contributed by atoms with van der Waals surface area (Å²) in [6.07, 6.45) is 4.65. The van der Waals surface area contributed by atoms with E-state index in [9.17, 15) is 4.79 Å². The Bertz CT molecular complexity index is 696. The summed E-state index contributed by atoms with van der Waals surface area (Å²) in [5.41, 5.74) is 4.14. The number of aromatic amines is 1. The summed E-state index contributed by atoms with van der Waals surface area (Å²) in [6, 6.07) is 7.68. The monoisotopic (exact) mass is 328 g/mol. The van der Waals surface area contributed by atoms with Gasteiger partial charge in [-0.3, -0.25) is 5.10 Å². The summed E-state index contributed by atoms with van der Waals surface area (Å²) in [6.45, 7) is 4.47. The molecule has 0 saturated carbocycles. The fraction of sp³-hybridized carbons (Fsp3) is 0.444. The highest BCUT2D eigenvalue weighted by Gasteiger charge is 2.21. The van der Waals surface area contributed by atoms with Crippen LogP contribution >= 0.6 is 0 Å². The minimum atomic E-state index is -0.177. The van der Waals surface area contributed by atoms with Gasteiger partial charge in [-0.25, -0.2) is 4.79 Å². The summed E-state index contributed by atoms with van der Waals surface area (Å²) in [7, 11) is 0. The molecule has 0 bridgehead atoms. The number of carbonyl (C=O) groups excluding carboxylic acids is 1. The first-order chi connectivity index (χ1) is 11.6. The number of nitrogens with one attached hydrogen (secondary N) is 3. The summed E-state index contributed by atoms with van der Waals surface area (Å²) in [5.74, 6) is 0. The van der Waals surface area contributed by atoms with Crippen LogP contribution in [0.25, 0.3) is 0 Å². The van der Waals surface area contributed by atoms with Gasteiger partial charge < -0.3 is 15.4 Å². The highest BCUT2D eigenvalue weighted by Crippen LogP contribution is 2.20. The smallest absolute Gasteiger partial charge is 0.319 e. The SMILES string of the molecule is CC(C)OCc1ccccc1NC(=O)N[C@H]1CCc2[nH]ncc2C1. The van der Waals surface area contributed by atoms with Crippen molar-refractivity contribution >= 4 is 11.7 Å². The van der Waals surface area contributed by atoms with Crippen molar-refractivity contribution in [2.24, 2.45) is 0 Å². The minimum absolute atomic E-state index is 0.133. The Kier molecular flexibility index (Phi) is 5.15. The van der Waals surface area contributed by atoms with Crippen molar-refractivity contribution in [1.82, 2.24) is 15.5 Å². The number of aromatic nitrogens is 2. The molecule has 1 aromatic heterocycles. The first kappa shape index (κ1) is 16.5. The van der Waals surface area contributed by atoms with Gasteiger partial charge in [-0.2, -0.15) is 5.10 Å². The Morgan fingerprint density at radius 3 is 3.08 bits per heavy atom. The maximum Gasteiger partial charge on any atom is 0.319 e. The normalized spacial score (nSPS) is 16.7. The fourth-order valence-electron chi connectivity index (χ4n) is 2.91. The van der Waals surface area contributed by atoms with Gasteiger partial charge in [0.15, 0.2) is 0 Å². The number of urea groups is 1. The van der Waals surface area contributed by atoms with Gasteiger partial charge in [-0.15, -0.1) is 0 Å². The maximum atomic E-state index is 12.3. The third-order valence-electron chi connectivity index (χ3n) is 4.19. The van der Waals surface area contributed by atoms with Gasteiger partial charge >= 0.3 is 6.03 Å². The lowest BCUT2D eigenvalue weighted by molar-refractivity contribution is 0.0660. The number of hydrogen-bond acceptors (Lipinski definition) is 3. The molecule has 0 aliphatic heterocycles. The Labute approximate surface area is 142 Å². The molecular formula is C18H24N4O2. The lowest BCUT2D eigenvalue weighted by atomic mass is 9.94. The first-order valence-electron chi connectivity index (χ1n) is 8.40. The Morgan fingerprint density at radius 2 is 2.25 bits per heavy atom. The Balaban J connectivity index is 1.57. The second-order valence-corrected chi connectivity index (χ2v) is 6.43. The number of hydrogen-bond donors (Lipinski definition) is 3. The predicted octanol–water partition coefficient (Wildman–Crippen LogP) is 3.01. The third-order valence-corrected chi connectivity index (χ3v) is 4.19. The quantitative estimate of drug-likeness (QED) is 0.789. The average molecular weight is 328 g/mol. The molecule has 0 radical (unpaired) electrons. The van der Waals surface area contributed by atoms with E-state index in [1.54, 1.807) is 0 Å².